The topological polar surface area (TPSA) is 38.3 Å². The molecular weight excluding hydrogens is 339 g/mol. The Balaban J connectivity index is 1.82. The number of amides is 1. The standard InChI is InChI=1S/C17H16F3NO2S/c18-17(19,20)12-23-10-9-16(22)21-13-5-4-8-15(11-13)24-14-6-2-1-3-7-14/h1-8,11H,9-10,12H2,(H,21,22). The van der Waals surface area contributed by atoms with Crippen molar-refractivity contribution in [2.24, 2.45) is 0 Å². The van der Waals surface area contributed by atoms with Crippen molar-refractivity contribution < 1.29 is 22.7 Å². The molecule has 0 spiro atoms. The van der Waals surface area contributed by atoms with Crippen molar-refractivity contribution in [1.29, 1.82) is 0 Å². The fourth-order valence-electron chi connectivity index (χ4n) is 1.84. The lowest BCUT2D eigenvalue weighted by atomic mass is 10.3. The first-order chi connectivity index (χ1) is 11.4. The van der Waals surface area contributed by atoms with Crippen molar-refractivity contribution in [2.75, 3.05) is 18.5 Å². The predicted molar refractivity (Wildman–Crippen MR) is 87.1 cm³/mol. The van der Waals surface area contributed by atoms with Gasteiger partial charge < -0.3 is 10.1 Å². The fraction of sp³-hybridized carbons (Fsp3) is 0.235. The van der Waals surface area contributed by atoms with E-state index >= 15 is 0 Å². The Hall–Kier alpha value is -1.99. The number of benzene rings is 2. The zero-order valence-electron chi connectivity index (χ0n) is 12.7. The molecule has 0 aliphatic heterocycles. The average molecular weight is 355 g/mol. The molecule has 3 nitrogen and oxygen atoms in total. The summed E-state index contributed by atoms with van der Waals surface area (Å²) >= 11 is 1.55. The molecule has 0 aliphatic carbocycles. The quantitative estimate of drug-likeness (QED) is 0.729. The lowest BCUT2D eigenvalue weighted by molar-refractivity contribution is -0.174. The van der Waals surface area contributed by atoms with E-state index in [1.54, 1.807) is 23.9 Å². The van der Waals surface area contributed by atoms with E-state index in [0.717, 1.165) is 9.79 Å². The second-order valence-corrected chi connectivity index (χ2v) is 6.06. The zero-order valence-corrected chi connectivity index (χ0v) is 13.5. The van der Waals surface area contributed by atoms with E-state index in [9.17, 15) is 18.0 Å². The SMILES string of the molecule is O=C(CCOCC(F)(F)F)Nc1cccc(Sc2ccccc2)c1. The number of nitrogens with one attached hydrogen (secondary N) is 1. The van der Waals surface area contributed by atoms with E-state index in [-0.39, 0.29) is 18.9 Å². The number of hydrogen-bond acceptors (Lipinski definition) is 3. The summed E-state index contributed by atoms with van der Waals surface area (Å²) in [5.74, 6) is -0.390. The summed E-state index contributed by atoms with van der Waals surface area (Å²) in [6, 6.07) is 17.0. The molecule has 0 saturated carbocycles. The van der Waals surface area contributed by atoms with E-state index in [1.165, 1.54) is 0 Å². The predicted octanol–water partition coefficient (Wildman–Crippen LogP) is 4.75. The molecule has 0 bridgehead atoms. The van der Waals surface area contributed by atoms with E-state index < -0.39 is 12.8 Å². The molecule has 0 unspecified atom stereocenters. The van der Waals surface area contributed by atoms with E-state index in [2.05, 4.69) is 10.1 Å². The molecule has 0 aliphatic rings. The maximum atomic E-state index is 11.9. The van der Waals surface area contributed by atoms with E-state index in [1.807, 2.05) is 42.5 Å². The summed E-state index contributed by atoms with van der Waals surface area (Å²) < 4.78 is 40.2. The maximum absolute atomic E-state index is 11.9. The minimum absolute atomic E-state index is 0.133. The second kappa shape index (κ2) is 8.75. The van der Waals surface area contributed by atoms with Crippen LogP contribution in [0, 0.1) is 0 Å². The van der Waals surface area contributed by atoms with Crippen LogP contribution in [-0.2, 0) is 9.53 Å². The number of anilines is 1. The first-order valence-electron chi connectivity index (χ1n) is 7.20. The Morgan fingerprint density at radius 2 is 1.75 bits per heavy atom. The maximum Gasteiger partial charge on any atom is 0.411 e. The normalized spacial score (nSPS) is 11.3. The number of halogens is 3. The first-order valence-corrected chi connectivity index (χ1v) is 8.01. The van der Waals surface area contributed by atoms with Crippen LogP contribution < -0.4 is 5.32 Å². The first kappa shape index (κ1) is 18.4. The van der Waals surface area contributed by atoms with Crippen LogP contribution in [-0.4, -0.2) is 25.3 Å². The highest BCUT2D eigenvalue weighted by atomic mass is 32.2. The Bertz CT molecular complexity index is 662. The molecule has 7 heteroatoms. The monoisotopic (exact) mass is 355 g/mol. The number of ether oxygens (including phenoxy) is 1. The van der Waals surface area contributed by atoms with E-state index in [0.29, 0.717) is 5.69 Å². The molecule has 0 saturated heterocycles. The van der Waals surface area contributed by atoms with Crippen LogP contribution in [0.2, 0.25) is 0 Å². The molecule has 0 atom stereocenters. The van der Waals surface area contributed by atoms with Gasteiger partial charge in [-0.1, -0.05) is 36.0 Å². The lowest BCUT2D eigenvalue weighted by Crippen LogP contribution is -2.20. The summed E-state index contributed by atoms with van der Waals surface area (Å²) in [5.41, 5.74) is 0.594. The second-order valence-electron chi connectivity index (χ2n) is 4.91. The molecular formula is C17H16F3NO2S. The molecule has 0 radical (unpaired) electrons. The molecule has 2 aromatic rings. The van der Waals surface area contributed by atoms with Crippen LogP contribution in [0.1, 0.15) is 6.42 Å². The van der Waals surface area contributed by atoms with Crippen LogP contribution in [0.15, 0.2) is 64.4 Å². The molecule has 0 heterocycles. The Morgan fingerprint density at radius 3 is 2.46 bits per heavy atom. The third-order valence-corrected chi connectivity index (χ3v) is 3.83. The van der Waals surface area contributed by atoms with Gasteiger partial charge in [0.1, 0.15) is 6.61 Å². The smallest absolute Gasteiger partial charge is 0.372 e. The number of rotatable bonds is 7. The van der Waals surface area contributed by atoms with E-state index in [4.69, 9.17) is 0 Å². The van der Waals surface area contributed by atoms with Crippen molar-refractivity contribution in [3.63, 3.8) is 0 Å². The molecule has 1 N–H and O–H groups in total. The fourth-order valence-corrected chi connectivity index (χ4v) is 2.74. The van der Waals surface area contributed by atoms with Crippen molar-refractivity contribution in [3.05, 3.63) is 54.6 Å². The van der Waals surface area contributed by atoms with Crippen LogP contribution in [0.3, 0.4) is 0 Å². The van der Waals surface area contributed by atoms with Crippen LogP contribution in [0.4, 0.5) is 18.9 Å². The Morgan fingerprint density at radius 1 is 1.04 bits per heavy atom. The highest BCUT2D eigenvalue weighted by Crippen LogP contribution is 2.29. The minimum atomic E-state index is -4.38. The van der Waals surface area contributed by atoms with Crippen LogP contribution in [0.5, 0.6) is 0 Å². The highest BCUT2D eigenvalue weighted by molar-refractivity contribution is 7.99. The van der Waals surface area contributed by atoms with Gasteiger partial charge in [0.2, 0.25) is 5.91 Å². The van der Waals surface area contributed by atoms with Gasteiger partial charge in [0.25, 0.3) is 0 Å². The molecule has 24 heavy (non-hydrogen) atoms. The largest absolute Gasteiger partial charge is 0.411 e. The summed E-state index contributed by atoms with van der Waals surface area (Å²) in [6.45, 7) is -1.62. The van der Waals surface area contributed by atoms with Gasteiger partial charge in [-0.05, 0) is 30.3 Å². The number of hydrogen-bond donors (Lipinski definition) is 1. The highest BCUT2D eigenvalue weighted by Gasteiger charge is 2.27. The average Bonchev–Trinajstić information content (AvgIpc) is 2.52. The number of alkyl halides is 3. The van der Waals surface area contributed by atoms with Gasteiger partial charge in [-0.2, -0.15) is 13.2 Å². The van der Waals surface area contributed by atoms with Crippen LogP contribution in [0.25, 0.3) is 0 Å². The molecule has 0 aromatic heterocycles. The van der Waals surface area contributed by atoms with Crippen molar-refractivity contribution in [1.82, 2.24) is 0 Å². The van der Waals surface area contributed by atoms with Crippen molar-refractivity contribution in [3.8, 4) is 0 Å². The molecule has 0 fully saturated rings. The Labute approximate surface area is 142 Å². The lowest BCUT2D eigenvalue weighted by Gasteiger charge is -2.09. The molecule has 2 aromatic carbocycles. The number of carbonyl (C=O) groups excluding carboxylic acids is 1. The van der Waals surface area contributed by atoms with Gasteiger partial charge in [-0.3, -0.25) is 4.79 Å². The molecule has 128 valence electrons. The van der Waals surface area contributed by atoms with Gasteiger partial charge in [0, 0.05) is 15.5 Å². The van der Waals surface area contributed by atoms with Crippen molar-refractivity contribution in [2.45, 2.75) is 22.4 Å². The summed E-state index contributed by atoms with van der Waals surface area (Å²) in [4.78, 5) is 13.7. The van der Waals surface area contributed by atoms with Crippen LogP contribution >= 0.6 is 11.8 Å². The third-order valence-electron chi connectivity index (χ3n) is 2.84. The summed E-state index contributed by atoms with van der Waals surface area (Å²) in [7, 11) is 0. The summed E-state index contributed by atoms with van der Waals surface area (Å²) in [5, 5.41) is 2.65. The number of carbonyl (C=O) groups is 1. The van der Waals surface area contributed by atoms with Gasteiger partial charge >= 0.3 is 6.18 Å². The van der Waals surface area contributed by atoms with Gasteiger partial charge in [0.15, 0.2) is 0 Å². The van der Waals surface area contributed by atoms with Gasteiger partial charge in [-0.25, -0.2) is 0 Å². The third kappa shape index (κ3) is 7.06. The molecule has 1 amide bonds. The van der Waals surface area contributed by atoms with Gasteiger partial charge in [-0.15, -0.1) is 0 Å². The van der Waals surface area contributed by atoms with Crippen molar-refractivity contribution >= 4 is 23.4 Å². The van der Waals surface area contributed by atoms with Gasteiger partial charge in [0.05, 0.1) is 13.0 Å². The zero-order chi connectivity index (χ0) is 17.4. The minimum Gasteiger partial charge on any atom is -0.372 e. The summed E-state index contributed by atoms with van der Waals surface area (Å²) in [6.07, 6.45) is -4.51. The Kier molecular flexibility index (Phi) is 6.69. The molecule has 2 rings (SSSR count).